The zero-order chi connectivity index (χ0) is 15.0. The summed E-state index contributed by atoms with van der Waals surface area (Å²) in [6.07, 6.45) is 1.90. The highest BCUT2D eigenvalue weighted by atomic mass is 32.2. The molecule has 0 radical (unpaired) electrons. The largest absolute Gasteiger partial charge is 0.342 e. The minimum atomic E-state index is -0.427. The molecule has 1 rings (SSSR count). The molecule has 1 amide bonds. The SMILES string of the molecule is CCCN(CCC)C(=O)CSc1ccc([N+](=O)[O-])cc1. The van der Waals surface area contributed by atoms with E-state index in [2.05, 4.69) is 13.8 Å². The van der Waals surface area contributed by atoms with Crippen LogP contribution in [0.2, 0.25) is 0 Å². The van der Waals surface area contributed by atoms with Crippen LogP contribution in [0.5, 0.6) is 0 Å². The van der Waals surface area contributed by atoms with Crippen molar-refractivity contribution >= 4 is 23.4 Å². The molecule has 0 aliphatic carbocycles. The van der Waals surface area contributed by atoms with Crippen molar-refractivity contribution < 1.29 is 9.72 Å². The second-order valence-corrected chi connectivity index (χ2v) is 5.47. The Bertz CT molecular complexity index is 442. The molecule has 0 aromatic heterocycles. The van der Waals surface area contributed by atoms with E-state index in [1.54, 1.807) is 12.1 Å². The van der Waals surface area contributed by atoms with Crippen molar-refractivity contribution in [2.24, 2.45) is 0 Å². The first-order valence-electron chi connectivity index (χ1n) is 6.73. The summed E-state index contributed by atoms with van der Waals surface area (Å²) in [5.41, 5.74) is 0.0688. The number of nitro groups is 1. The van der Waals surface area contributed by atoms with Gasteiger partial charge in [0.25, 0.3) is 5.69 Å². The lowest BCUT2D eigenvalue weighted by Crippen LogP contribution is -2.33. The van der Waals surface area contributed by atoms with Gasteiger partial charge < -0.3 is 4.90 Å². The lowest BCUT2D eigenvalue weighted by molar-refractivity contribution is -0.384. The van der Waals surface area contributed by atoms with E-state index in [4.69, 9.17) is 0 Å². The maximum atomic E-state index is 12.1. The molecular formula is C14H20N2O3S. The molecule has 0 N–H and O–H groups in total. The maximum absolute atomic E-state index is 12.1. The Balaban J connectivity index is 2.52. The van der Waals surface area contributed by atoms with E-state index in [1.807, 2.05) is 4.90 Å². The van der Waals surface area contributed by atoms with Gasteiger partial charge in [-0.3, -0.25) is 14.9 Å². The topological polar surface area (TPSA) is 63.5 Å². The van der Waals surface area contributed by atoms with Gasteiger partial charge in [-0.2, -0.15) is 0 Å². The molecule has 1 aromatic carbocycles. The number of rotatable bonds is 8. The third-order valence-corrected chi connectivity index (χ3v) is 3.75. The van der Waals surface area contributed by atoms with E-state index in [0.29, 0.717) is 5.75 Å². The zero-order valence-corrected chi connectivity index (χ0v) is 12.7. The van der Waals surface area contributed by atoms with Gasteiger partial charge in [0.05, 0.1) is 10.7 Å². The Morgan fingerprint density at radius 2 is 1.75 bits per heavy atom. The highest BCUT2D eigenvalue weighted by Crippen LogP contribution is 2.21. The molecule has 0 unspecified atom stereocenters. The predicted molar refractivity (Wildman–Crippen MR) is 81.0 cm³/mol. The first-order chi connectivity index (χ1) is 9.58. The fourth-order valence-corrected chi connectivity index (χ4v) is 2.60. The maximum Gasteiger partial charge on any atom is 0.269 e. The van der Waals surface area contributed by atoms with Crippen LogP contribution in [0.15, 0.2) is 29.2 Å². The average molecular weight is 296 g/mol. The number of nitro benzene ring substituents is 1. The third-order valence-electron chi connectivity index (χ3n) is 2.75. The van der Waals surface area contributed by atoms with E-state index < -0.39 is 4.92 Å². The average Bonchev–Trinajstić information content (AvgIpc) is 2.45. The van der Waals surface area contributed by atoms with Gasteiger partial charge >= 0.3 is 0 Å². The summed E-state index contributed by atoms with van der Waals surface area (Å²) in [5.74, 6) is 0.495. The highest BCUT2D eigenvalue weighted by Gasteiger charge is 2.12. The molecule has 0 saturated heterocycles. The molecule has 110 valence electrons. The van der Waals surface area contributed by atoms with Crippen molar-refractivity contribution in [1.29, 1.82) is 0 Å². The lowest BCUT2D eigenvalue weighted by atomic mass is 10.3. The predicted octanol–water partition coefficient (Wildman–Crippen LogP) is 3.34. The fraction of sp³-hybridized carbons (Fsp3) is 0.500. The van der Waals surface area contributed by atoms with Crippen LogP contribution < -0.4 is 0 Å². The second-order valence-electron chi connectivity index (χ2n) is 4.42. The monoisotopic (exact) mass is 296 g/mol. The molecular weight excluding hydrogens is 276 g/mol. The van der Waals surface area contributed by atoms with Crippen LogP contribution in [0, 0.1) is 10.1 Å². The number of thioether (sulfide) groups is 1. The molecule has 20 heavy (non-hydrogen) atoms. The van der Waals surface area contributed by atoms with Crippen molar-refractivity contribution in [3.8, 4) is 0 Å². The summed E-state index contributed by atoms with van der Waals surface area (Å²) in [4.78, 5) is 24.9. The second kappa shape index (κ2) is 8.58. The zero-order valence-electron chi connectivity index (χ0n) is 11.9. The summed E-state index contributed by atoms with van der Waals surface area (Å²) in [7, 11) is 0. The quantitative estimate of drug-likeness (QED) is 0.419. The molecule has 0 atom stereocenters. The Labute approximate surface area is 123 Å². The highest BCUT2D eigenvalue weighted by molar-refractivity contribution is 8.00. The number of hydrogen-bond donors (Lipinski definition) is 0. The summed E-state index contributed by atoms with van der Waals surface area (Å²) in [5, 5.41) is 10.5. The molecule has 1 aromatic rings. The first kappa shape index (κ1) is 16.5. The van der Waals surface area contributed by atoms with Crippen LogP contribution >= 0.6 is 11.8 Å². The van der Waals surface area contributed by atoms with E-state index in [9.17, 15) is 14.9 Å². The molecule has 6 heteroatoms. The van der Waals surface area contributed by atoms with E-state index >= 15 is 0 Å². The van der Waals surface area contributed by atoms with E-state index in [-0.39, 0.29) is 11.6 Å². The van der Waals surface area contributed by atoms with Crippen LogP contribution in [0.4, 0.5) is 5.69 Å². The summed E-state index contributed by atoms with van der Waals surface area (Å²) in [6, 6.07) is 6.28. The Morgan fingerprint density at radius 1 is 1.20 bits per heavy atom. The van der Waals surface area contributed by atoms with Gasteiger partial charge in [0.1, 0.15) is 0 Å². The first-order valence-corrected chi connectivity index (χ1v) is 7.72. The van der Waals surface area contributed by atoms with Gasteiger partial charge in [-0.15, -0.1) is 11.8 Å². The van der Waals surface area contributed by atoms with Crippen molar-refractivity contribution in [3.05, 3.63) is 34.4 Å². The molecule has 0 saturated carbocycles. The summed E-state index contributed by atoms with van der Waals surface area (Å²) in [6.45, 7) is 5.68. The van der Waals surface area contributed by atoms with Crippen molar-refractivity contribution in [2.45, 2.75) is 31.6 Å². The van der Waals surface area contributed by atoms with Gasteiger partial charge in [0, 0.05) is 30.1 Å². The number of benzene rings is 1. The van der Waals surface area contributed by atoms with Crippen LogP contribution in [0.3, 0.4) is 0 Å². The van der Waals surface area contributed by atoms with Crippen molar-refractivity contribution in [2.75, 3.05) is 18.8 Å². The minimum absolute atomic E-state index is 0.0688. The Hall–Kier alpha value is -1.56. The van der Waals surface area contributed by atoms with Crippen LogP contribution in [-0.2, 0) is 4.79 Å². The molecule has 0 spiro atoms. The Morgan fingerprint density at radius 3 is 2.20 bits per heavy atom. The molecule has 0 heterocycles. The summed E-state index contributed by atoms with van der Waals surface area (Å²) < 4.78 is 0. The third kappa shape index (κ3) is 5.21. The van der Waals surface area contributed by atoms with Crippen LogP contribution in [0.25, 0.3) is 0 Å². The van der Waals surface area contributed by atoms with Crippen LogP contribution in [-0.4, -0.2) is 34.6 Å². The smallest absolute Gasteiger partial charge is 0.269 e. The normalized spacial score (nSPS) is 10.3. The van der Waals surface area contributed by atoms with Crippen molar-refractivity contribution in [3.63, 3.8) is 0 Å². The number of amides is 1. The molecule has 0 fully saturated rings. The number of carbonyl (C=O) groups excluding carboxylic acids is 1. The Kier molecular flexibility index (Phi) is 7.08. The standard InChI is InChI=1S/C14H20N2O3S/c1-3-9-15(10-4-2)14(17)11-20-13-7-5-12(6-8-13)16(18)19/h5-8H,3-4,9-11H2,1-2H3. The molecule has 0 aliphatic rings. The van der Waals surface area contributed by atoms with E-state index in [0.717, 1.165) is 30.8 Å². The van der Waals surface area contributed by atoms with Gasteiger partial charge in [-0.05, 0) is 25.0 Å². The van der Waals surface area contributed by atoms with Gasteiger partial charge in [0.2, 0.25) is 5.91 Å². The number of nitrogens with zero attached hydrogens (tertiary/aromatic N) is 2. The van der Waals surface area contributed by atoms with E-state index in [1.165, 1.54) is 23.9 Å². The summed E-state index contributed by atoms with van der Waals surface area (Å²) >= 11 is 1.42. The number of non-ortho nitro benzene ring substituents is 1. The molecule has 0 aliphatic heterocycles. The van der Waals surface area contributed by atoms with Gasteiger partial charge in [-0.25, -0.2) is 0 Å². The minimum Gasteiger partial charge on any atom is -0.342 e. The van der Waals surface area contributed by atoms with Crippen molar-refractivity contribution in [1.82, 2.24) is 4.90 Å². The molecule has 5 nitrogen and oxygen atoms in total. The van der Waals surface area contributed by atoms with Gasteiger partial charge in [-0.1, -0.05) is 13.8 Å². The molecule has 0 bridgehead atoms. The lowest BCUT2D eigenvalue weighted by Gasteiger charge is -2.21. The number of carbonyl (C=O) groups is 1. The van der Waals surface area contributed by atoms with Gasteiger partial charge in [0.15, 0.2) is 0 Å². The number of hydrogen-bond acceptors (Lipinski definition) is 4. The fourth-order valence-electron chi connectivity index (χ4n) is 1.80. The van der Waals surface area contributed by atoms with Crippen LogP contribution in [0.1, 0.15) is 26.7 Å².